The molecule has 1 nitrogen and oxygen atoms in total. The summed E-state index contributed by atoms with van der Waals surface area (Å²) in [4.78, 5) is 0. The fourth-order valence-corrected chi connectivity index (χ4v) is 3.01. The SMILES string of the molecule is CCCCCCC(NC)c1ccc(C)c2ccccc12. The molecule has 0 aromatic heterocycles. The highest BCUT2D eigenvalue weighted by atomic mass is 14.9. The van der Waals surface area contributed by atoms with Crippen molar-refractivity contribution in [2.75, 3.05) is 7.05 Å². The van der Waals surface area contributed by atoms with Crippen LogP contribution in [0.1, 0.15) is 56.2 Å². The molecule has 0 bridgehead atoms. The van der Waals surface area contributed by atoms with Gasteiger partial charge in [0.05, 0.1) is 0 Å². The third-order valence-corrected chi connectivity index (χ3v) is 4.25. The summed E-state index contributed by atoms with van der Waals surface area (Å²) < 4.78 is 0. The van der Waals surface area contributed by atoms with Crippen LogP contribution < -0.4 is 5.32 Å². The Bertz CT molecular complexity index is 544. The molecule has 0 aliphatic heterocycles. The van der Waals surface area contributed by atoms with E-state index in [0.29, 0.717) is 6.04 Å². The molecule has 0 aliphatic rings. The Balaban J connectivity index is 2.23. The molecule has 108 valence electrons. The van der Waals surface area contributed by atoms with Crippen molar-refractivity contribution in [1.29, 1.82) is 0 Å². The smallest absolute Gasteiger partial charge is 0.0323 e. The number of hydrogen-bond acceptors (Lipinski definition) is 1. The maximum atomic E-state index is 3.51. The average Bonchev–Trinajstić information content (AvgIpc) is 2.49. The first kappa shape index (κ1) is 15.1. The summed E-state index contributed by atoms with van der Waals surface area (Å²) in [6, 6.07) is 13.8. The van der Waals surface area contributed by atoms with E-state index in [0.717, 1.165) is 0 Å². The van der Waals surface area contributed by atoms with Gasteiger partial charge in [0.2, 0.25) is 0 Å². The minimum Gasteiger partial charge on any atom is -0.313 e. The number of aryl methyl sites for hydroxylation is 1. The minimum absolute atomic E-state index is 0.470. The molecule has 20 heavy (non-hydrogen) atoms. The Labute approximate surface area is 123 Å². The summed E-state index contributed by atoms with van der Waals surface area (Å²) >= 11 is 0. The third-order valence-electron chi connectivity index (χ3n) is 4.25. The number of fused-ring (bicyclic) bond motifs is 1. The van der Waals surface area contributed by atoms with Gasteiger partial charge in [0.25, 0.3) is 0 Å². The standard InChI is InChI=1S/C19H27N/c1-4-5-6-7-12-19(20-3)18-14-13-15(2)16-10-8-9-11-17(16)18/h8-11,13-14,19-20H,4-7,12H2,1-3H3. The second kappa shape index (κ2) is 7.44. The van der Waals surface area contributed by atoms with Crippen molar-refractivity contribution < 1.29 is 0 Å². The van der Waals surface area contributed by atoms with Crippen molar-refractivity contribution in [3.8, 4) is 0 Å². The van der Waals surface area contributed by atoms with E-state index in [9.17, 15) is 0 Å². The van der Waals surface area contributed by atoms with E-state index in [-0.39, 0.29) is 0 Å². The van der Waals surface area contributed by atoms with Gasteiger partial charge in [-0.05, 0) is 42.3 Å². The monoisotopic (exact) mass is 269 g/mol. The zero-order valence-corrected chi connectivity index (χ0v) is 13.1. The molecule has 0 saturated carbocycles. The first-order chi connectivity index (χ1) is 9.77. The van der Waals surface area contributed by atoms with Crippen LogP contribution in [0.2, 0.25) is 0 Å². The summed E-state index contributed by atoms with van der Waals surface area (Å²) in [6.45, 7) is 4.46. The lowest BCUT2D eigenvalue weighted by Crippen LogP contribution is -2.16. The van der Waals surface area contributed by atoms with Crippen molar-refractivity contribution in [2.24, 2.45) is 0 Å². The summed E-state index contributed by atoms with van der Waals surface area (Å²) in [5, 5.41) is 6.30. The highest BCUT2D eigenvalue weighted by Crippen LogP contribution is 2.29. The molecule has 2 aromatic carbocycles. The van der Waals surface area contributed by atoms with Crippen molar-refractivity contribution >= 4 is 10.8 Å². The summed E-state index contributed by atoms with van der Waals surface area (Å²) in [6.07, 6.45) is 6.53. The zero-order chi connectivity index (χ0) is 14.4. The number of rotatable bonds is 7. The van der Waals surface area contributed by atoms with Gasteiger partial charge in [0.1, 0.15) is 0 Å². The van der Waals surface area contributed by atoms with Crippen molar-refractivity contribution in [1.82, 2.24) is 5.32 Å². The molecule has 2 rings (SSSR count). The van der Waals surface area contributed by atoms with Crippen LogP contribution in [-0.2, 0) is 0 Å². The average molecular weight is 269 g/mol. The Hall–Kier alpha value is -1.34. The van der Waals surface area contributed by atoms with Crippen molar-refractivity contribution in [2.45, 2.75) is 52.0 Å². The molecule has 0 radical (unpaired) electrons. The maximum Gasteiger partial charge on any atom is 0.0323 e. The van der Waals surface area contributed by atoms with E-state index in [1.165, 1.54) is 54.0 Å². The van der Waals surface area contributed by atoms with E-state index in [2.05, 4.69) is 62.6 Å². The highest BCUT2D eigenvalue weighted by molar-refractivity contribution is 5.88. The molecule has 0 aliphatic carbocycles. The van der Waals surface area contributed by atoms with Gasteiger partial charge >= 0.3 is 0 Å². The lowest BCUT2D eigenvalue weighted by molar-refractivity contribution is 0.507. The normalized spacial score (nSPS) is 12.8. The Morgan fingerprint density at radius 1 is 0.950 bits per heavy atom. The Kier molecular flexibility index (Phi) is 5.60. The Morgan fingerprint density at radius 2 is 1.70 bits per heavy atom. The van der Waals surface area contributed by atoms with E-state index in [4.69, 9.17) is 0 Å². The van der Waals surface area contributed by atoms with Crippen LogP contribution in [-0.4, -0.2) is 7.05 Å². The Morgan fingerprint density at radius 3 is 2.40 bits per heavy atom. The molecule has 0 amide bonds. The van der Waals surface area contributed by atoms with Crippen LogP contribution >= 0.6 is 0 Å². The van der Waals surface area contributed by atoms with Crippen molar-refractivity contribution in [3.05, 3.63) is 47.5 Å². The number of nitrogens with one attached hydrogen (secondary N) is 1. The van der Waals surface area contributed by atoms with Gasteiger partial charge in [-0.3, -0.25) is 0 Å². The molecule has 2 aromatic rings. The molecule has 0 saturated heterocycles. The number of hydrogen-bond donors (Lipinski definition) is 1. The second-order valence-electron chi connectivity index (χ2n) is 5.71. The predicted octanol–water partition coefficient (Wildman–Crippen LogP) is 5.38. The quantitative estimate of drug-likeness (QED) is 0.665. The van der Waals surface area contributed by atoms with Crippen LogP contribution in [0.15, 0.2) is 36.4 Å². The third kappa shape index (κ3) is 3.40. The zero-order valence-electron chi connectivity index (χ0n) is 13.1. The lowest BCUT2D eigenvalue weighted by atomic mass is 9.93. The van der Waals surface area contributed by atoms with Crippen LogP contribution in [0.25, 0.3) is 10.8 Å². The molecule has 1 atom stereocenters. The van der Waals surface area contributed by atoms with E-state index < -0.39 is 0 Å². The molecule has 0 fully saturated rings. The fourth-order valence-electron chi connectivity index (χ4n) is 3.01. The van der Waals surface area contributed by atoms with E-state index in [1.807, 2.05) is 0 Å². The van der Waals surface area contributed by atoms with Gasteiger partial charge in [-0.1, -0.05) is 69.0 Å². The van der Waals surface area contributed by atoms with Gasteiger partial charge in [-0.2, -0.15) is 0 Å². The van der Waals surface area contributed by atoms with Crippen molar-refractivity contribution in [3.63, 3.8) is 0 Å². The van der Waals surface area contributed by atoms with Crippen LogP contribution in [0, 0.1) is 6.92 Å². The first-order valence-corrected chi connectivity index (χ1v) is 7.93. The van der Waals surface area contributed by atoms with Crippen LogP contribution in [0.5, 0.6) is 0 Å². The molecule has 1 heteroatoms. The molecule has 0 heterocycles. The lowest BCUT2D eigenvalue weighted by Gasteiger charge is -2.19. The fraction of sp³-hybridized carbons (Fsp3) is 0.474. The molecule has 1 unspecified atom stereocenters. The van der Waals surface area contributed by atoms with Crippen LogP contribution in [0.4, 0.5) is 0 Å². The maximum absolute atomic E-state index is 3.51. The first-order valence-electron chi connectivity index (χ1n) is 7.93. The number of unbranched alkanes of at least 4 members (excludes halogenated alkanes) is 3. The van der Waals surface area contributed by atoms with Gasteiger partial charge in [0, 0.05) is 6.04 Å². The predicted molar refractivity (Wildman–Crippen MR) is 89.2 cm³/mol. The summed E-state index contributed by atoms with van der Waals surface area (Å²) in [5.74, 6) is 0. The van der Waals surface area contributed by atoms with E-state index >= 15 is 0 Å². The largest absolute Gasteiger partial charge is 0.313 e. The minimum atomic E-state index is 0.470. The second-order valence-corrected chi connectivity index (χ2v) is 5.71. The van der Waals surface area contributed by atoms with Crippen LogP contribution in [0.3, 0.4) is 0 Å². The molecule has 0 spiro atoms. The van der Waals surface area contributed by atoms with Gasteiger partial charge < -0.3 is 5.32 Å². The van der Waals surface area contributed by atoms with E-state index in [1.54, 1.807) is 0 Å². The summed E-state index contributed by atoms with van der Waals surface area (Å²) in [5.41, 5.74) is 2.82. The topological polar surface area (TPSA) is 12.0 Å². The number of benzene rings is 2. The molecule has 1 N–H and O–H groups in total. The van der Waals surface area contributed by atoms with Gasteiger partial charge in [-0.15, -0.1) is 0 Å². The van der Waals surface area contributed by atoms with Gasteiger partial charge in [0.15, 0.2) is 0 Å². The molecular weight excluding hydrogens is 242 g/mol. The highest BCUT2D eigenvalue weighted by Gasteiger charge is 2.12. The van der Waals surface area contributed by atoms with Gasteiger partial charge in [-0.25, -0.2) is 0 Å². The summed E-state index contributed by atoms with van der Waals surface area (Å²) in [7, 11) is 2.08. The molecular formula is C19H27N.